The van der Waals surface area contributed by atoms with E-state index in [1.54, 1.807) is 19.2 Å². The first kappa shape index (κ1) is 14.5. The zero-order valence-electron chi connectivity index (χ0n) is 11.8. The van der Waals surface area contributed by atoms with Crippen molar-refractivity contribution in [1.82, 2.24) is 4.31 Å². The third kappa shape index (κ3) is 2.99. The summed E-state index contributed by atoms with van der Waals surface area (Å²) in [6.45, 7) is 4.47. The van der Waals surface area contributed by atoms with E-state index < -0.39 is 10.0 Å². The van der Waals surface area contributed by atoms with Crippen LogP contribution in [0.3, 0.4) is 0 Å². The monoisotopic (exact) mass is 282 g/mol. The molecule has 1 aromatic rings. The highest BCUT2D eigenvalue weighted by Crippen LogP contribution is 2.28. The number of sulfonamides is 1. The molecule has 0 aromatic heterocycles. The minimum Gasteiger partial charge on any atom is -0.328 e. The Hall–Kier alpha value is -0.910. The summed E-state index contributed by atoms with van der Waals surface area (Å²) in [6, 6.07) is 5.53. The lowest BCUT2D eigenvalue weighted by Crippen LogP contribution is -2.43. The zero-order chi connectivity index (χ0) is 14.2. The van der Waals surface area contributed by atoms with E-state index in [0.29, 0.717) is 17.4 Å². The zero-order valence-corrected chi connectivity index (χ0v) is 12.6. The van der Waals surface area contributed by atoms with Gasteiger partial charge in [0.2, 0.25) is 10.0 Å². The molecule has 0 atom stereocenters. The van der Waals surface area contributed by atoms with Crippen molar-refractivity contribution in [3.05, 3.63) is 29.3 Å². The Morgan fingerprint density at radius 3 is 2.42 bits per heavy atom. The molecule has 1 fully saturated rings. The van der Waals surface area contributed by atoms with Crippen molar-refractivity contribution in [3.63, 3.8) is 0 Å². The van der Waals surface area contributed by atoms with Crippen LogP contribution in [0.25, 0.3) is 0 Å². The van der Waals surface area contributed by atoms with E-state index in [9.17, 15) is 8.42 Å². The molecule has 4 nitrogen and oxygen atoms in total. The second-order valence-electron chi connectivity index (χ2n) is 5.63. The van der Waals surface area contributed by atoms with Crippen LogP contribution in [0, 0.1) is 19.8 Å². The maximum absolute atomic E-state index is 12.4. The summed E-state index contributed by atoms with van der Waals surface area (Å²) in [6.07, 6.45) is 1.85. The number of rotatable bonds is 4. The molecule has 0 spiro atoms. The fourth-order valence-electron chi connectivity index (χ4n) is 2.45. The lowest BCUT2D eigenvalue weighted by Gasteiger charge is -2.34. The van der Waals surface area contributed by atoms with Gasteiger partial charge in [0.1, 0.15) is 0 Å². The molecule has 0 aliphatic heterocycles. The molecule has 0 unspecified atom stereocenters. The molecule has 106 valence electrons. The highest BCUT2D eigenvalue weighted by atomic mass is 32.2. The molecular formula is C14H22N2O2S. The van der Waals surface area contributed by atoms with Gasteiger partial charge >= 0.3 is 0 Å². The van der Waals surface area contributed by atoms with E-state index in [1.807, 2.05) is 19.9 Å². The fraction of sp³-hybridized carbons (Fsp3) is 0.571. The molecule has 1 saturated carbocycles. The molecule has 2 N–H and O–H groups in total. The molecule has 5 heteroatoms. The molecule has 0 heterocycles. The van der Waals surface area contributed by atoms with Gasteiger partial charge in [-0.3, -0.25) is 0 Å². The van der Waals surface area contributed by atoms with Crippen LogP contribution in [0.1, 0.15) is 24.0 Å². The van der Waals surface area contributed by atoms with Crippen LogP contribution in [0.15, 0.2) is 23.1 Å². The van der Waals surface area contributed by atoms with E-state index >= 15 is 0 Å². The molecule has 0 amide bonds. The van der Waals surface area contributed by atoms with Gasteiger partial charge in [0.15, 0.2) is 0 Å². The van der Waals surface area contributed by atoms with Crippen LogP contribution in [0.5, 0.6) is 0 Å². The van der Waals surface area contributed by atoms with Crippen molar-refractivity contribution in [3.8, 4) is 0 Å². The summed E-state index contributed by atoms with van der Waals surface area (Å²) in [5, 5.41) is 0. The Bertz CT molecular complexity index is 563. The van der Waals surface area contributed by atoms with Gasteiger partial charge in [0.25, 0.3) is 0 Å². The fourth-order valence-corrected chi connectivity index (χ4v) is 3.79. The first-order valence-corrected chi connectivity index (χ1v) is 8.04. The SMILES string of the molecule is Cc1ccc(S(=O)(=O)N(C)CC2CC(N)C2)cc1C. The third-order valence-corrected chi connectivity index (χ3v) is 5.79. The van der Waals surface area contributed by atoms with Crippen LogP contribution in [0.4, 0.5) is 0 Å². The van der Waals surface area contributed by atoms with Gasteiger partial charge in [-0.25, -0.2) is 12.7 Å². The van der Waals surface area contributed by atoms with Crippen molar-refractivity contribution in [2.75, 3.05) is 13.6 Å². The van der Waals surface area contributed by atoms with Gasteiger partial charge in [0.05, 0.1) is 4.90 Å². The smallest absolute Gasteiger partial charge is 0.242 e. The molecule has 0 saturated heterocycles. The molecular weight excluding hydrogens is 260 g/mol. The van der Waals surface area contributed by atoms with Crippen LogP contribution in [0.2, 0.25) is 0 Å². The number of aryl methyl sites for hydroxylation is 2. The van der Waals surface area contributed by atoms with Gasteiger partial charge in [-0.1, -0.05) is 6.07 Å². The standard InChI is InChI=1S/C14H22N2O2S/c1-10-4-5-14(6-11(10)2)19(17,18)16(3)9-12-7-13(15)8-12/h4-6,12-13H,7-9,15H2,1-3H3. The van der Waals surface area contributed by atoms with Crippen molar-refractivity contribution >= 4 is 10.0 Å². The van der Waals surface area contributed by atoms with E-state index in [2.05, 4.69) is 0 Å². The molecule has 0 radical (unpaired) electrons. The average Bonchev–Trinajstić information content (AvgIpc) is 2.30. The predicted molar refractivity (Wildman–Crippen MR) is 76.4 cm³/mol. The Labute approximate surface area is 115 Å². The third-order valence-electron chi connectivity index (χ3n) is 3.97. The number of hydrogen-bond donors (Lipinski definition) is 1. The number of nitrogens with two attached hydrogens (primary N) is 1. The summed E-state index contributed by atoms with van der Waals surface area (Å²) in [7, 11) is -1.73. The van der Waals surface area contributed by atoms with Gasteiger partial charge in [0, 0.05) is 19.6 Å². The topological polar surface area (TPSA) is 63.4 Å². The van der Waals surface area contributed by atoms with E-state index in [4.69, 9.17) is 5.73 Å². The van der Waals surface area contributed by atoms with Gasteiger partial charge in [-0.15, -0.1) is 0 Å². The Morgan fingerprint density at radius 1 is 1.26 bits per heavy atom. The van der Waals surface area contributed by atoms with E-state index in [-0.39, 0.29) is 6.04 Å². The van der Waals surface area contributed by atoms with Crippen LogP contribution in [-0.2, 0) is 10.0 Å². The lowest BCUT2D eigenvalue weighted by molar-refractivity contribution is 0.227. The Morgan fingerprint density at radius 2 is 1.89 bits per heavy atom. The lowest BCUT2D eigenvalue weighted by atomic mass is 9.81. The van der Waals surface area contributed by atoms with E-state index in [1.165, 1.54) is 4.31 Å². The quantitative estimate of drug-likeness (QED) is 0.913. The van der Waals surface area contributed by atoms with Crippen molar-refractivity contribution in [2.24, 2.45) is 11.7 Å². The van der Waals surface area contributed by atoms with Gasteiger partial charge in [-0.2, -0.15) is 0 Å². The highest BCUT2D eigenvalue weighted by molar-refractivity contribution is 7.89. The molecule has 1 aliphatic carbocycles. The molecule has 0 bridgehead atoms. The summed E-state index contributed by atoms with van der Waals surface area (Å²) in [4.78, 5) is 0.377. The first-order chi connectivity index (χ1) is 8.80. The Balaban J connectivity index is 2.14. The molecule has 2 rings (SSSR count). The Kier molecular flexibility index (Phi) is 3.99. The molecule has 19 heavy (non-hydrogen) atoms. The number of nitrogens with zero attached hydrogens (tertiary/aromatic N) is 1. The van der Waals surface area contributed by atoms with Crippen molar-refractivity contribution < 1.29 is 8.42 Å². The number of benzene rings is 1. The van der Waals surface area contributed by atoms with Crippen LogP contribution in [-0.4, -0.2) is 32.4 Å². The normalized spacial score (nSPS) is 23.4. The van der Waals surface area contributed by atoms with Crippen molar-refractivity contribution in [1.29, 1.82) is 0 Å². The first-order valence-electron chi connectivity index (χ1n) is 6.60. The second kappa shape index (κ2) is 5.23. The summed E-state index contributed by atoms with van der Waals surface area (Å²) in [5.74, 6) is 0.404. The largest absolute Gasteiger partial charge is 0.328 e. The van der Waals surface area contributed by atoms with Gasteiger partial charge < -0.3 is 5.73 Å². The van der Waals surface area contributed by atoms with Crippen LogP contribution >= 0.6 is 0 Å². The van der Waals surface area contributed by atoms with Crippen LogP contribution < -0.4 is 5.73 Å². The maximum atomic E-state index is 12.4. The summed E-state index contributed by atoms with van der Waals surface area (Å²) < 4.78 is 26.3. The highest BCUT2D eigenvalue weighted by Gasteiger charge is 2.30. The molecule has 1 aliphatic rings. The minimum absolute atomic E-state index is 0.253. The average molecular weight is 282 g/mol. The summed E-state index contributed by atoms with van der Waals surface area (Å²) in [5.41, 5.74) is 7.84. The number of hydrogen-bond acceptors (Lipinski definition) is 3. The predicted octanol–water partition coefficient (Wildman–Crippen LogP) is 1.66. The van der Waals surface area contributed by atoms with Crippen molar-refractivity contribution in [2.45, 2.75) is 37.6 Å². The second-order valence-corrected chi connectivity index (χ2v) is 7.67. The maximum Gasteiger partial charge on any atom is 0.242 e. The summed E-state index contributed by atoms with van der Waals surface area (Å²) >= 11 is 0. The molecule has 1 aromatic carbocycles. The van der Waals surface area contributed by atoms with E-state index in [0.717, 1.165) is 24.0 Å². The minimum atomic E-state index is -3.37. The van der Waals surface area contributed by atoms with Gasteiger partial charge in [-0.05, 0) is 55.9 Å².